The lowest BCUT2D eigenvalue weighted by atomic mass is 9.92. The highest BCUT2D eigenvalue weighted by molar-refractivity contribution is 5.78. The number of carbonyl (C=O) groups is 1. The first-order valence-electron chi connectivity index (χ1n) is 8.42. The van der Waals surface area contributed by atoms with Crippen LogP contribution in [0.25, 0.3) is 0 Å². The van der Waals surface area contributed by atoms with Crippen LogP contribution in [-0.4, -0.2) is 18.7 Å². The van der Waals surface area contributed by atoms with Gasteiger partial charge in [0.15, 0.2) is 5.60 Å². The Bertz CT molecular complexity index is 490. The van der Waals surface area contributed by atoms with Gasteiger partial charge >= 0.3 is 5.97 Å². The van der Waals surface area contributed by atoms with E-state index in [1.54, 1.807) is 19.9 Å². The molecule has 0 N–H and O–H groups in total. The summed E-state index contributed by atoms with van der Waals surface area (Å²) in [5.41, 5.74) is -0.234. The Hall–Kier alpha value is -1.58. The van der Waals surface area contributed by atoms with Gasteiger partial charge in [-0.3, -0.25) is 0 Å². The molecular weight excluding hydrogens is 295 g/mol. The maximum absolute atomic E-state index is 13.8. The smallest absolute Gasteiger partial charge is 0.349 e. The SMILES string of the molecule is CC.CCCC(CC)c1cc(F)cc(OC(C)(C)C(=O)OC)c1.[HH]. The van der Waals surface area contributed by atoms with Gasteiger partial charge in [-0.05, 0) is 50.3 Å². The van der Waals surface area contributed by atoms with Gasteiger partial charge in [0.1, 0.15) is 11.6 Å². The zero-order valence-corrected chi connectivity index (χ0v) is 15.5. The van der Waals surface area contributed by atoms with E-state index in [1.165, 1.54) is 13.2 Å². The molecule has 0 radical (unpaired) electrons. The highest BCUT2D eigenvalue weighted by Crippen LogP contribution is 2.30. The van der Waals surface area contributed by atoms with Gasteiger partial charge < -0.3 is 9.47 Å². The average molecular weight is 328 g/mol. The van der Waals surface area contributed by atoms with E-state index in [1.807, 2.05) is 19.9 Å². The Labute approximate surface area is 141 Å². The molecule has 0 fully saturated rings. The standard InChI is InChI=1S/C17H25FO3.C2H6.H2/c1-6-8-12(7-2)13-9-14(18)11-15(10-13)21-17(3,4)16(19)20-5;1-2;/h9-12H,6-8H2,1-5H3;1-2H3;1H. The molecule has 0 saturated carbocycles. The van der Waals surface area contributed by atoms with Crippen molar-refractivity contribution in [3.05, 3.63) is 29.6 Å². The molecule has 1 atom stereocenters. The van der Waals surface area contributed by atoms with E-state index in [2.05, 4.69) is 13.8 Å². The van der Waals surface area contributed by atoms with Crippen LogP contribution in [0.2, 0.25) is 0 Å². The van der Waals surface area contributed by atoms with Crippen LogP contribution in [0.4, 0.5) is 4.39 Å². The Balaban J connectivity index is 0. The minimum Gasteiger partial charge on any atom is -0.476 e. The Kier molecular flexibility index (Phi) is 9.54. The molecule has 1 unspecified atom stereocenters. The lowest BCUT2D eigenvalue weighted by molar-refractivity contribution is -0.156. The first-order valence-corrected chi connectivity index (χ1v) is 8.42. The molecule has 0 aromatic heterocycles. The quantitative estimate of drug-likeness (QED) is 0.600. The van der Waals surface area contributed by atoms with Crippen LogP contribution in [0.1, 0.15) is 73.7 Å². The van der Waals surface area contributed by atoms with Gasteiger partial charge in [-0.1, -0.05) is 34.1 Å². The number of halogens is 1. The van der Waals surface area contributed by atoms with E-state index in [4.69, 9.17) is 9.47 Å². The second-order valence-corrected chi connectivity index (χ2v) is 5.72. The predicted molar refractivity (Wildman–Crippen MR) is 94.5 cm³/mol. The van der Waals surface area contributed by atoms with Gasteiger partial charge in [0, 0.05) is 7.49 Å². The number of esters is 1. The summed E-state index contributed by atoms with van der Waals surface area (Å²) >= 11 is 0. The number of carbonyl (C=O) groups excluding carboxylic acids is 1. The number of hydrogen-bond acceptors (Lipinski definition) is 3. The molecule has 0 aliphatic rings. The molecule has 0 aliphatic carbocycles. The van der Waals surface area contributed by atoms with E-state index < -0.39 is 11.6 Å². The summed E-state index contributed by atoms with van der Waals surface area (Å²) in [6, 6.07) is 4.66. The van der Waals surface area contributed by atoms with Gasteiger partial charge in [-0.25, -0.2) is 9.18 Å². The molecule has 1 aromatic rings. The first kappa shape index (κ1) is 21.4. The summed E-state index contributed by atoms with van der Waals surface area (Å²) in [5.74, 6) is -0.184. The number of hydrogen-bond donors (Lipinski definition) is 0. The average Bonchev–Trinajstić information content (AvgIpc) is 2.52. The topological polar surface area (TPSA) is 35.5 Å². The molecule has 1 aromatic carbocycles. The largest absolute Gasteiger partial charge is 0.476 e. The van der Waals surface area contributed by atoms with Crippen molar-refractivity contribution in [1.29, 1.82) is 0 Å². The zero-order valence-electron chi connectivity index (χ0n) is 15.5. The summed E-state index contributed by atoms with van der Waals surface area (Å²) in [5, 5.41) is 0. The monoisotopic (exact) mass is 328 g/mol. The number of methoxy groups -OCH3 is 1. The van der Waals surface area contributed by atoms with Crippen LogP contribution >= 0.6 is 0 Å². The predicted octanol–water partition coefficient (Wildman–Crippen LogP) is 5.72. The first-order chi connectivity index (χ1) is 10.8. The minimum absolute atomic E-state index is 0. The Morgan fingerprint density at radius 3 is 2.35 bits per heavy atom. The fourth-order valence-electron chi connectivity index (χ4n) is 2.42. The maximum Gasteiger partial charge on any atom is 0.349 e. The molecule has 0 spiro atoms. The van der Waals surface area contributed by atoms with Crippen molar-refractivity contribution >= 4 is 5.97 Å². The molecule has 0 heterocycles. The molecule has 0 aliphatic heterocycles. The van der Waals surface area contributed by atoms with Crippen molar-refractivity contribution in [3.8, 4) is 5.75 Å². The van der Waals surface area contributed by atoms with E-state index in [0.29, 0.717) is 11.7 Å². The Morgan fingerprint density at radius 2 is 1.87 bits per heavy atom. The van der Waals surface area contributed by atoms with Gasteiger partial charge in [-0.15, -0.1) is 0 Å². The number of rotatable bonds is 7. The summed E-state index contributed by atoms with van der Waals surface area (Å²) in [7, 11) is 1.30. The van der Waals surface area contributed by atoms with E-state index in [9.17, 15) is 9.18 Å². The van der Waals surface area contributed by atoms with Gasteiger partial charge in [0.2, 0.25) is 0 Å². The van der Waals surface area contributed by atoms with Crippen LogP contribution in [0.3, 0.4) is 0 Å². The van der Waals surface area contributed by atoms with Crippen molar-refractivity contribution in [2.24, 2.45) is 0 Å². The summed E-state index contributed by atoms with van der Waals surface area (Å²) in [6.07, 6.45) is 2.98. The van der Waals surface area contributed by atoms with Crippen molar-refractivity contribution < 1.29 is 20.1 Å². The highest BCUT2D eigenvalue weighted by Gasteiger charge is 2.31. The summed E-state index contributed by atoms with van der Waals surface area (Å²) < 4.78 is 24.2. The van der Waals surface area contributed by atoms with Gasteiger partial charge in [0.25, 0.3) is 0 Å². The van der Waals surface area contributed by atoms with Gasteiger partial charge in [-0.2, -0.15) is 0 Å². The zero-order chi connectivity index (χ0) is 18.0. The minimum atomic E-state index is -1.15. The number of benzene rings is 1. The van der Waals surface area contributed by atoms with Crippen LogP contribution in [-0.2, 0) is 9.53 Å². The van der Waals surface area contributed by atoms with Crippen LogP contribution in [0.15, 0.2) is 18.2 Å². The maximum atomic E-state index is 13.8. The van der Waals surface area contributed by atoms with Crippen molar-refractivity contribution in [3.63, 3.8) is 0 Å². The molecule has 3 nitrogen and oxygen atoms in total. The molecule has 0 saturated heterocycles. The van der Waals surface area contributed by atoms with E-state index >= 15 is 0 Å². The van der Waals surface area contributed by atoms with Crippen molar-refractivity contribution in [1.82, 2.24) is 0 Å². The van der Waals surface area contributed by atoms with Crippen molar-refractivity contribution in [2.45, 2.75) is 72.3 Å². The van der Waals surface area contributed by atoms with Crippen LogP contribution in [0.5, 0.6) is 5.75 Å². The fraction of sp³-hybridized carbons (Fsp3) is 0.632. The molecule has 134 valence electrons. The van der Waals surface area contributed by atoms with E-state index in [0.717, 1.165) is 24.8 Å². The highest BCUT2D eigenvalue weighted by atomic mass is 19.1. The molecular formula is C19H33FO3. The van der Waals surface area contributed by atoms with Crippen molar-refractivity contribution in [2.75, 3.05) is 7.11 Å². The second kappa shape index (κ2) is 10.2. The third kappa shape index (κ3) is 6.59. The third-order valence-corrected chi connectivity index (χ3v) is 3.54. The molecule has 4 heteroatoms. The second-order valence-electron chi connectivity index (χ2n) is 5.72. The summed E-state index contributed by atoms with van der Waals surface area (Å²) in [6.45, 7) is 11.4. The summed E-state index contributed by atoms with van der Waals surface area (Å²) in [4.78, 5) is 11.7. The number of ether oxygens (including phenoxy) is 2. The molecule has 23 heavy (non-hydrogen) atoms. The third-order valence-electron chi connectivity index (χ3n) is 3.54. The van der Waals surface area contributed by atoms with Gasteiger partial charge in [0.05, 0.1) is 7.11 Å². The molecule has 0 amide bonds. The fourth-order valence-corrected chi connectivity index (χ4v) is 2.42. The molecule has 1 rings (SSSR count). The lowest BCUT2D eigenvalue weighted by Crippen LogP contribution is -2.39. The normalized spacial score (nSPS) is 12.0. The molecule has 0 bridgehead atoms. The lowest BCUT2D eigenvalue weighted by Gasteiger charge is -2.24. The van der Waals surface area contributed by atoms with Crippen LogP contribution in [0, 0.1) is 5.82 Å². The van der Waals surface area contributed by atoms with Crippen LogP contribution < -0.4 is 4.74 Å². The van der Waals surface area contributed by atoms with E-state index in [-0.39, 0.29) is 7.24 Å². The Morgan fingerprint density at radius 1 is 1.26 bits per heavy atom.